The fourth-order valence-electron chi connectivity index (χ4n) is 3.56. The van der Waals surface area contributed by atoms with Gasteiger partial charge in [0.1, 0.15) is 17.2 Å². The van der Waals surface area contributed by atoms with Crippen LogP contribution in [0.2, 0.25) is 0 Å². The van der Waals surface area contributed by atoms with E-state index in [-0.39, 0.29) is 5.69 Å². The Morgan fingerprint density at radius 2 is 1.67 bits per heavy atom. The first-order valence-electron chi connectivity index (χ1n) is 9.95. The highest BCUT2D eigenvalue weighted by Crippen LogP contribution is 2.37. The Labute approximate surface area is 175 Å². The largest absolute Gasteiger partial charge is 0.494 e. The number of rotatable bonds is 3. The average molecular weight is 409 g/mol. The molecule has 0 spiro atoms. The molecule has 30 heavy (non-hydrogen) atoms. The predicted octanol–water partition coefficient (Wildman–Crippen LogP) is 4.74. The van der Waals surface area contributed by atoms with Gasteiger partial charge in [-0.25, -0.2) is 4.39 Å². The maximum absolute atomic E-state index is 14.1. The van der Waals surface area contributed by atoms with Crippen molar-refractivity contribution in [2.75, 3.05) is 5.32 Å². The molecule has 0 aliphatic carbocycles. The lowest BCUT2D eigenvalue weighted by Crippen LogP contribution is -2.41. The molecule has 1 aromatic heterocycles. The third-order valence-electron chi connectivity index (χ3n) is 6.01. The summed E-state index contributed by atoms with van der Waals surface area (Å²) in [4.78, 5) is 12.9. The number of hydrogen-bond donors (Lipinski definition) is 1. The quantitative estimate of drug-likeness (QED) is 0.635. The first kappa shape index (κ1) is 20.6. The SMILES string of the molecule is Cc1ccc(F)c(NC(=O)c2c(C)oc3cc(B4OC(C)(C)C(C)(C)O4)ccc23)c1. The fourth-order valence-corrected chi connectivity index (χ4v) is 3.56. The van der Waals surface area contributed by atoms with Gasteiger partial charge in [0.05, 0.1) is 22.5 Å². The summed E-state index contributed by atoms with van der Waals surface area (Å²) in [6.45, 7) is 11.5. The molecule has 0 unspecified atom stereocenters. The molecular weight excluding hydrogens is 384 g/mol. The van der Waals surface area contributed by atoms with Crippen LogP contribution in [0.5, 0.6) is 0 Å². The van der Waals surface area contributed by atoms with Crippen LogP contribution in [0.1, 0.15) is 49.4 Å². The zero-order valence-electron chi connectivity index (χ0n) is 18.1. The van der Waals surface area contributed by atoms with E-state index in [1.54, 1.807) is 19.1 Å². The molecule has 3 aromatic rings. The van der Waals surface area contributed by atoms with Crippen LogP contribution in [0.25, 0.3) is 11.0 Å². The molecule has 0 saturated carbocycles. The number of hydrogen-bond acceptors (Lipinski definition) is 4. The molecule has 1 amide bonds. The monoisotopic (exact) mass is 409 g/mol. The number of fused-ring (bicyclic) bond motifs is 1. The first-order chi connectivity index (χ1) is 14.0. The van der Waals surface area contributed by atoms with Crippen molar-refractivity contribution >= 4 is 35.1 Å². The van der Waals surface area contributed by atoms with E-state index in [2.05, 4.69) is 5.32 Å². The summed E-state index contributed by atoms with van der Waals surface area (Å²) in [5.74, 6) is -0.441. The number of benzene rings is 2. The third kappa shape index (κ3) is 3.42. The van der Waals surface area contributed by atoms with Gasteiger partial charge in [-0.2, -0.15) is 0 Å². The second-order valence-electron chi connectivity index (χ2n) is 8.81. The highest BCUT2D eigenvalue weighted by atomic mass is 19.1. The van der Waals surface area contributed by atoms with Crippen LogP contribution in [0.15, 0.2) is 40.8 Å². The molecule has 0 radical (unpaired) electrons. The Morgan fingerprint density at radius 1 is 1.00 bits per heavy atom. The van der Waals surface area contributed by atoms with Gasteiger partial charge in [0.15, 0.2) is 0 Å². The smallest absolute Gasteiger partial charge is 0.461 e. The van der Waals surface area contributed by atoms with E-state index < -0.39 is 30.0 Å². The minimum Gasteiger partial charge on any atom is -0.461 e. The number of carbonyl (C=O) groups is 1. The molecule has 2 heterocycles. The summed E-state index contributed by atoms with van der Waals surface area (Å²) < 4.78 is 32.1. The van der Waals surface area contributed by atoms with Gasteiger partial charge in [-0.05, 0) is 70.8 Å². The van der Waals surface area contributed by atoms with E-state index in [9.17, 15) is 9.18 Å². The van der Waals surface area contributed by atoms with Gasteiger partial charge < -0.3 is 19.0 Å². The minimum atomic E-state index is -0.525. The number of furan rings is 1. The Bertz CT molecular complexity index is 1140. The number of anilines is 1. The van der Waals surface area contributed by atoms with E-state index in [0.29, 0.717) is 22.3 Å². The van der Waals surface area contributed by atoms with E-state index in [0.717, 1.165) is 11.0 Å². The Hall–Kier alpha value is -2.64. The maximum Gasteiger partial charge on any atom is 0.494 e. The standard InChI is InChI=1S/C23H25BFNO4/c1-13-7-10-17(25)18(11-13)26-21(27)20-14(2)28-19-12-15(8-9-16(19)20)24-29-22(3,4)23(5,6)30-24/h7-12H,1-6H3,(H,26,27). The summed E-state index contributed by atoms with van der Waals surface area (Å²) in [6.07, 6.45) is 0. The van der Waals surface area contributed by atoms with Crippen LogP contribution >= 0.6 is 0 Å². The molecule has 156 valence electrons. The number of aryl methyl sites for hydroxylation is 2. The van der Waals surface area contributed by atoms with Gasteiger partial charge in [-0.1, -0.05) is 18.2 Å². The van der Waals surface area contributed by atoms with E-state index in [4.69, 9.17) is 13.7 Å². The van der Waals surface area contributed by atoms with Gasteiger partial charge >= 0.3 is 7.12 Å². The third-order valence-corrected chi connectivity index (χ3v) is 6.01. The van der Waals surface area contributed by atoms with Crippen LogP contribution in [0.4, 0.5) is 10.1 Å². The zero-order valence-corrected chi connectivity index (χ0v) is 18.1. The van der Waals surface area contributed by atoms with Crippen molar-refractivity contribution < 1.29 is 22.9 Å². The zero-order chi connectivity index (χ0) is 21.8. The Morgan fingerprint density at radius 3 is 2.33 bits per heavy atom. The number of halogens is 1. The molecule has 0 atom stereocenters. The van der Waals surface area contributed by atoms with Crippen molar-refractivity contribution in [2.45, 2.75) is 52.7 Å². The minimum absolute atomic E-state index is 0.141. The molecule has 1 aliphatic rings. The van der Waals surface area contributed by atoms with E-state index in [1.807, 2.05) is 52.8 Å². The van der Waals surface area contributed by atoms with Gasteiger partial charge in [0, 0.05) is 5.39 Å². The number of amides is 1. The van der Waals surface area contributed by atoms with Crippen LogP contribution in [-0.2, 0) is 9.31 Å². The molecule has 7 heteroatoms. The topological polar surface area (TPSA) is 60.7 Å². The lowest BCUT2D eigenvalue weighted by atomic mass is 9.79. The molecule has 1 N–H and O–H groups in total. The summed E-state index contributed by atoms with van der Waals surface area (Å²) in [5.41, 5.74) is 1.84. The second kappa shape index (κ2) is 6.96. The highest BCUT2D eigenvalue weighted by molar-refractivity contribution is 6.62. The average Bonchev–Trinajstić information content (AvgIpc) is 3.09. The van der Waals surface area contributed by atoms with E-state index >= 15 is 0 Å². The number of carbonyl (C=O) groups excluding carboxylic acids is 1. The first-order valence-corrected chi connectivity index (χ1v) is 9.95. The van der Waals surface area contributed by atoms with E-state index in [1.165, 1.54) is 6.07 Å². The van der Waals surface area contributed by atoms with Gasteiger partial charge in [-0.3, -0.25) is 4.79 Å². The molecule has 1 fully saturated rings. The molecule has 5 nitrogen and oxygen atoms in total. The lowest BCUT2D eigenvalue weighted by Gasteiger charge is -2.32. The van der Waals surface area contributed by atoms with Crippen molar-refractivity contribution in [3.05, 3.63) is 59.1 Å². The second-order valence-corrected chi connectivity index (χ2v) is 8.81. The maximum atomic E-state index is 14.1. The molecule has 1 saturated heterocycles. The summed E-state index contributed by atoms with van der Waals surface area (Å²) in [7, 11) is -0.525. The normalized spacial score (nSPS) is 17.5. The van der Waals surface area contributed by atoms with Crippen LogP contribution in [-0.4, -0.2) is 24.2 Å². The van der Waals surface area contributed by atoms with Gasteiger partial charge in [-0.15, -0.1) is 0 Å². The van der Waals surface area contributed by atoms with Crippen LogP contribution < -0.4 is 10.8 Å². The number of nitrogens with one attached hydrogen (secondary N) is 1. The van der Waals surface area contributed by atoms with Crippen molar-refractivity contribution in [3.63, 3.8) is 0 Å². The molecule has 2 aromatic carbocycles. The Balaban J connectivity index is 1.66. The van der Waals surface area contributed by atoms with Crippen molar-refractivity contribution in [1.29, 1.82) is 0 Å². The molecule has 0 bridgehead atoms. The summed E-state index contributed by atoms with van der Waals surface area (Å²) in [6, 6.07) is 10.1. The fraction of sp³-hybridized carbons (Fsp3) is 0.348. The summed E-state index contributed by atoms with van der Waals surface area (Å²) in [5, 5.41) is 3.31. The van der Waals surface area contributed by atoms with Crippen molar-refractivity contribution in [2.24, 2.45) is 0 Å². The molecule has 1 aliphatic heterocycles. The van der Waals surface area contributed by atoms with Crippen molar-refractivity contribution in [3.8, 4) is 0 Å². The summed E-state index contributed by atoms with van der Waals surface area (Å²) >= 11 is 0. The predicted molar refractivity (Wildman–Crippen MR) is 116 cm³/mol. The van der Waals surface area contributed by atoms with Crippen LogP contribution in [0, 0.1) is 19.7 Å². The lowest BCUT2D eigenvalue weighted by molar-refractivity contribution is 0.00578. The highest BCUT2D eigenvalue weighted by Gasteiger charge is 2.51. The Kier molecular flexibility index (Phi) is 4.79. The van der Waals surface area contributed by atoms with Crippen LogP contribution in [0.3, 0.4) is 0 Å². The van der Waals surface area contributed by atoms with Gasteiger partial charge in [0.25, 0.3) is 5.91 Å². The molecule has 4 rings (SSSR count). The molecular formula is C23H25BFNO4. The van der Waals surface area contributed by atoms with Crippen molar-refractivity contribution in [1.82, 2.24) is 0 Å². The van der Waals surface area contributed by atoms with Gasteiger partial charge in [0.2, 0.25) is 0 Å².